The van der Waals surface area contributed by atoms with Gasteiger partial charge in [0, 0.05) is 6.54 Å². The molecule has 0 bridgehead atoms. The Morgan fingerprint density at radius 2 is 1.87 bits per heavy atom. The third-order valence-electron chi connectivity index (χ3n) is 2.09. The Morgan fingerprint density at radius 3 is 2.40 bits per heavy atom. The van der Waals surface area contributed by atoms with Gasteiger partial charge in [0.25, 0.3) is 0 Å². The summed E-state index contributed by atoms with van der Waals surface area (Å²) in [7, 11) is -1.42. The molecule has 3 N–H and O–H groups in total. The zero-order valence-corrected chi connectivity index (χ0v) is 8.49. The maximum Gasteiger partial charge on any atom is 0.488 e. The van der Waals surface area contributed by atoms with Crippen molar-refractivity contribution in [2.75, 3.05) is 13.2 Å². The second-order valence-electron chi connectivity index (χ2n) is 3.33. The molecule has 1 aromatic rings. The monoisotopic (exact) mass is 211 g/mol. The van der Waals surface area contributed by atoms with Gasteiger partial charge in [-0.15, -0.1) is 0 Å². The van der Waals surface area contributed by atoms with Crippen LogP contribution in [0.5, 0.6) is 0 Å². The summed E-state index contributed by atoms with van der Waals surface area (Å²) in [5, 5.41) is 20.8. The first-order chi connectivity index (χ1) is 7.24. The second kappa shape index (κ2) is 6.56. The van der Waals surface area contributed by atoms with Crippen LogP contribution in [0.25, 0.3) is 0 Å². The number of alkyl halides is 1. The molecule has 0 aliphatic heterocycles. The van der Waals surface area contributed by atoms with Crippen molar-refractivity contribution in [1.82, 2.24) is 5.32 Å². The zero-order valence-electron chi connectivity index (χ0n) is 8.49. The lowest BCUT2D eigenvalue weighted by atomic mass is 9.80. The minimum Gasteiger partial charge on any atom is -0.423 e. The summed E-state index contributed by atoms with van der Waals surface area (Å²) in [6.07, 6.45) is 0.521. The van der Waals surface area contributed by atoms with Gasteiger partial charge >= 0.3 is 7.12 Å². The van der Waals surface area contributed by atoms with Gasteiger partial charge in [-0.1, -0.05) is 24.3 Å². The van der Waals surface area contributed by atoms with Gasteiger partial charge in [-0.2, -0.15) is 0 Å². The van der Waals surface area contributed by atoms with Crippen molar-refractivity contribution in [3.63, 3.8) is 0 Å². The van der Waals surface area contributed by atoms with Crippen molar-refractivity contribution in [1.29, 1.82) is 0 Å². The standard InChI is InChI=1S/C10H15BFNO2/c12-6-1-7-13-8-9-2-4-10(5-3-9)11(14)15/h2-5,13-15H,1,6-8H2. The van der Waals surface area contributed by atoms with E-state index in [0.29, 0.717) is 25.0 Å². The molecular weight excluding hydrogens is 196 g/mol. The van der Waals surface area contributed by atoms with E-state index in [9.17, 15) is 4.39 Å². The van der Waals surface area contributed by atoms with Crippen LogP contribution in [0.4, 0.5) is 4.39 Å². The van der Waals surface area contributed by atoms with E-state index in [0.717, 1.165) is 5.56 Å². The zero-order chi connectivity index (χ0) is 11.1. The Labute approximate surface area is 89.1 Å². The predicted molar refractivity (Wildman–Crippen MR) is 58.6 cm³/mol. The maximum atomic E-state index is 11.8. The number of rotatable bonds is 6. The average molecular weight is 211 g/mol. The Hall–Kier alpha value is -0.905. The number of nitrogens with one attached hydrogen (secondary N) is 1. The third kappa shape index (κ3) is 4.42. The molecule has 0 saturated carbocycles. The van der Waals surface area contributed by atoms with Gasteiger partial charge in [-0.25, -0.2) is 0 Å². The van der Waals surface area contributed by atoms with Gasteiger partial charge in [0.2, 0.25) is 0 Å². The minimum absolute atomic E-state index is 0.303. The van der Waals surface area contributed by atoms with Crippen LogP contribution in [0.2, 0.25) is 0 Å². The van der Waals surface area contributed by atoms with Crippen LogP contribution < -0.4 is 10.8 Å². The number of hydrogen-bond acceptors (Lipinski definition) is 3. The molecule has 0 aromatic heterocycles. The molecule has 0 radical (unpaired) electrons. The van der Waals surface area contributed by atoms with Crippen LogP contribution in [0, 0.1) is 0 Å². The van der Waals surface area contributed by atoms with Crippen LogP contribution in [0.1, 0.15) is 12.0 Å². The summed E-state index contributed by atoms with van der Waals surface area (Å²) in [6, 6.07) is 6.96. The van der Waals surface area contributed by atoms with Crippen molar-refractivity contribution in [3.05, 3.63) is 29.8 Å². The maximum absolute atomic E-state index is 11.8. The lowest BCUT2D eigenvalue weighted by Crippen LogP contribution is -2.29. The topological polar surface area (TPSA) is 52.5 Å². The molecule has 0 amide bonds. The van der Waals surface area contributed by atoms with Crippen LogP contribution in [0.15, 0.2) is 24.3 Å². The van der Waals surface area contributed by atoms with E-state index in [1.807, 2.05) is 12.1 Å². The Balaban J connectivity index is 2.36. The molecular formula is C10H15BFNO2. The fraction of sp³-hybridized carbons (Fsp3) is 0.400. The highest BCUT2D eigenvalue weighted by Crippen LogP contribution is 1.96. The molecule has 1 aromatic carbocycles. The lowest BCUT2D eigenvalue weighted by molar-refractivity contribution is 0.425. The van der Waals surface area contributed by atoms with E-state index in [-0.39, 0.29) is 6.67 Å². The van der Waals surface area contributed by atoms with Crippen LogP contribution in [-0.4, -0.2) is 30.4 Å². The largest absolute Gasteiger partial charge is 0.488 e. The lowest BCUT2D eigenvalue weighted by Gasteiger charge is -2.04. The molecule has 0 saturated heterocycles. The highest BCUT2D eigenvalue weighted by atomic mass is 19.1. The molecule has 0 atom stereocenters. The van der Waals surface area contributed by atoms with Crippen molar-refractivity contribution < 1.29 is 14.4 Å². The fourth-order valence-electron chi connectivity index (χ4n) is 1.23. The first-order valence-corrected chi connectivity index (χ1v) is 4.95. The Bertz CT molecular complexity index is 279. The average Bonchev–Trinajstić information content (AvgIpc) is 2.25. The van der Waals surface area contributed by atoms with Crippen molar-refractivity contribution in [2.45, 2.75) is 13.0 Å². The second-order valence-corrected chi connectivity index (χ2v) is 3.33. The molecule has 15 heavy (non-hydrogen) atoms. The molecule has 3 nitrogen and oxygen atoms in total. The van der Waals surface area contributed by atoms with Crippen molar-refractivity contribution in [3.8, 4) is 0 Å². The highest BCUT2D eigenvalue weighted by molar-refractivity contribution is 6.58. The van der Waals surface area contributed by atoms with Gasteiger partial charge in [-0.05, 0) is 24.0 Å². The number of benzene rings is 1. The smallest absolute Gasteiger partial charge is 0.423 e. The molecule has 0 unspecified atom stereocenters. The van der Waals surface area contributed by atoms with E-state index in [1.165, 1.54) is 0 Å². The molecule has 82 valence electrons. The fourth-order valence-corrected chi connectivity index (χ4v) is 1.23. The van der Waals surface area contributed by atoms with Gasteiger partial charge < -0.3 is 15.4 Å². The third-order valence-corrected chi connectivity index (χ3v) is 2.09. The molecule has 0 fully saturated rings. The molecule has 0 spiro atoms. The number of halogens is 1. The Kier molecular flexibility index (Phi) is 5.32. The predicted octanol–water partition coefficient (Wildman–Crippen LogP) is -0.184. The molecule has 0 aliphatic rings. The van der Waals surface area contributed by atoms with E-state index in [2.05, 4.69) is 5.32 Å². The summed E-state index contributed by atoms with van der Waals surface area (Å²) in [4.78, 5) is 0. The summed E-state index contributed by atoms with van der Waals surface area (Å²) in [6.45, 7) is 1.02. The van der Waals surface area contributed by atoms with Crippen molar-refractivity contribution in [2.24, 2.45) is 0 Å². The summed E-state index contributed by atoms with van der Waals surface area (Å²) in [5.41, 5.74) is 1.51. The normalized spacial score (nSPS) is 10.3. The van der Waals surface area contributed by atoms with Gasteiger partial charge in [0.1, 0.15) is 0 Å². The molecule has 0 aliphatic carbocycles. The van der Waals surface area contributed by atoms with Crippen molar-refractivity contribution >= 4 is 12.6 Å². The summed E-state index contributed by atoms with van der Waals surface area (Å²) >= 11 is 0. The van der Waals surface area contributed by atoms with Crippen LogP contribution in [0.3, 0.4) is 0 Å². The van der Waals surface area contributed by atoms with Gasteiger partial charge in [0.05, 0.1) is 6.67 Å². The quantitative estimate of drug-likeness (QED) is 0.451. The van der Waals surface area contributed by atoms with Gasteiger partial charge in [0.15, 0.2) is 0 Å². The van der Waals surface area contributed by atoms with E-state index < -0.39 is 7.12 Å². The van der Waals surface area contributed by atoms with E-state index in [1.54, 1.807) is 12.1 Å². The van der Waals surface area contributed by atoms with Gasteiger partial charge in [-0.3, -0.25) is 4.39 Å². The Morgan fingerprint density at radius 1 is 1.20 bits per heavy atom. The summed E-state index contributed by atoms with van der Waals surface area (Å²) < 4.78 is 11.8. The van der Waals surface area contributed by atoms with Crippen LogP contribution in [-0.2, 0) is 6.54 Å². The molecule has 1 rings (SSSR count). The number of hydrogen-bond donors (Lipinski definition) is 3. The molecule has 5 heteroatoms. The van der Waals surface area contributed by atoms with Crippen LogP contribution >= 0.6 is 0 Å². The van der Waals surface area contributed by atoms with E-state index >= 15 is 0 Å². The summed E-state index contributed by atoms with van der Waals surface area (Å²) in [5.74, 6) is 0. The first-order valence-electron chi connectivity index (χ1n) is 4.95. The first kappa shape index (κ1) is 12.2. The highest BCUT2D eigenvalue weighted by Gasteiger charge is 2.09. The van der Waals surface area contributed by atoms with E-state index in [4.69, 9.17) is 10.0 Å². The SMILES string of the molecule is OB(O)c1ccc(CNCCCF)cc1. The molecule has 0 heterocycles. The minimum atomic E-state index is -1.42.